The standard InChI is InChI=1S/C22H39NO2/c1-17-7-6-8-18(2)23(17)22(24)16-25-21-13-11-20(12-14-21)15-19-9-4-3-5-10-19/h17-21H,3-16H2,1-2H3. The zero-order valence-corrected chi connectivity index (χ0v) is 16.5. The highest BCUT2D eigenvalue weighted by atomic mass is 16.5. The topological polar surface area (TPSA) is 29.5 Å². The van der Waals surface area contributed by atoms with E-state index >= 15 is 0 Å². The number of ether oxygens (including phenoxy) is 1. The molecule has 2 unspecified atom stereocenters. The monoisotopic (exact) mass is 349 g/mol. The van der Waals surface area contributed by atoms with Crippen LogP contribution in [0.4, 0.5) is 0 Å². The molecule has 0 bridgehead atoms. The van der Waals surface area contributed by atoms with E-state index in [1.54, 1.807) is 0 Å². The summed E-state index contributed by atoms with van der Waals surface area (Å²) >= 11 is 0. The van der Waals surface area contributed by atoms with Crippen molar-refractivity contribution in [1.29, 1.82) is 0 Å². The number of hydrogen-bond donors (Lipinski definition) is 0. The van der Waals surface area contributed by atoms with Crippen LogP contribution in [0.2, 0.25) is 0 Å². The molecule has 0 N–H and O–H groups in total. The van der Waals surface area contributed by atoms with Gasteiger partial charge in [0.05, 0.1) is 6.10 Å². The first kappa shape index (κ1) is 19.2. The van der Waals surface area contributed by atoms with Crippen LogP contribution in [0.15, 0.2) is 0 Å². The van der Waals surface area contributed by atoms with Crippen LogP contribution in [-0.2, 0) is 9.53 Å². The zero-order chi connectivity index (χ0) is 17.6. The van der Waals surface area contributed by atoms with Crippen LogP contribution in [0, 0.1) is 11.8 Å². The predicted octanol–water partition coefficient (Wildman–Crippen LogP) is 5.32. The van der Waals surface area contributed by atoms with Crippen molar-refractivity contribution >= 4 is 5.91 Å². The molecule has 0 aromatic heterocycles. The molecule has 1 aliphatic heterocycles. The SMILES string of the molecule is CC1CCCC(C)N1C(=O)COC1CCC(CC2CCCCC2)CC1. The Balaban J connectivity index is 1.35. The van der Waals surface area contributed by atoms with E-state index in [1.807, 2.05) is 0 Å². The average Bonchev–Trinajstić information content (AvgIpc) is 2.62. The summed E-state index contributed by atoms with van der Waals surface area (Å²) in [6.07, 6.45) is 17.6. The lowest BCUT2D eigenvalue weighted by molar-refractivity contribution is -0.145. The Bertz CT molecular complexity index is 400. The average molecular weight is 350 g/mol. The Labute approximate surface area is 154 Å². The summed E-state index contributed by atoms with van der Waals surface area (Å²) in [5, 5.41) is 0. The molecule has 1 amide bonds. The fourth-order valence-electron chi connectivity index (χ4n) is 5.61. The first-order valence-electron chi connectivity index (χ1n) is 11.1. The largest absolute Gasteiger partial charge is 0.368 e. The van der Waals surface area contributed by atoms with E-state index in [2.05, 4.69) is 18.7 Å². The van der Waals surface area contributed by atoms with E-state index in [0.29, 0.717) is 24.8 Å². The molecule has 3 rings (SSSR count). The van der Waals surface area contributed by atoms with Crippen molar-refractivity contribution in [2.45, 2.75) is 116 Å². The van der Waals surface area contributed by atoms with Gasteiger partial charge in [-0.1, -0.05) is 32.1 Å². The van der Waals surface area contributed by atoms with Gasteiger partial charge in [0, 0.05) is 12.1 Å². The van der Waals surface area contributed by atoms with Gasteiger partial charge in [-0.15, -0.1) is 0 Å². The maximum absolute atomic E-state index is 12.6. The zero-order valence-electron chi connectivity index (χ0n) is 16.5. The van der Waals surface area contributed by atoms with Crippen LogP contribution in [0.3, 0.4) is 0 Å². The summed E-state index contributed by atoms with van der Waals surface area (Å²) in [6.45, 7) is 4.67. The van der Waals surface area contributed by atoms with Crippen LogP contribution < -0.4 is 0 Å². The van der Waals surface area contributed by atoms with Gasteiger partial charge >= 0.3 is 0 Å². The molecule has 1 heterocycles. The van der Waals surface area contributed by atoms with E-state index in [1.165, 1.54) is 57.8 Å². The van der Waals surface area contributed by atoms with Gasteiger partial charge in [-0.3, -0.25) is 4.79 Å². The summed E-state index contributed by atoms with van der Waals surface area (Å²) in [7, 11) is 0. The molecular formula is C22H39NO2. The highest BCUT2D eigenvalue weighted by Gasteiger charge is 2.30. The van der Waals surface area contributed by atoms with Crippen LogP contribution in [0.25, 0.3) is 0 Å². The van der Waals surface area contributed by atoms with Crippen molar-refractivity contribution in [2.24, 2.45) is 11.8 Å². The minimum Gasteiger partial charge on any atom is -0.368 e. The number of hydrogen-bond acceptors (Lipinski definition) is 2. The molecule has 3 fully saturated rings. The van der Waals surface area contributed by atoms with Gasteiger partial charge in [0.2, 0.25) is 5.91 Å². The van der Waals surface area contributed by atoms with Crippen LogP contribution >= 0.6 is 0 Å². The highest BCUT2D eigenvalue weighted by molar-refractivity contribution is 5.78. The summed E-state index contributed by atoms with van der Waals surface area (Å²) in [4.78, 5) is 14.7. The number of carbonyl (C=O) groups excluding carboxylic acids is 1. The van der Waals surface area contributed by atoms with Gasteiger partial charge in [-0.2, -0.15) is 0 Å². The molecule has 0 aromatic rings. The molecule has 0 spiro atoms. The molecule has 2 aliphatic carbocycles. The van der Waals surface area contributed by atoms with Crippen LogP contribution in [-0.4, -0.2) is 35.6 Å². The predicted molar refractivity (Wildman–Crippen MR) is 103 cm³/mol. The van der Waals surface area contributed by atoms with Gasteiger partial charge in [0.15, 0.2) is 0 Å². The van der Waals surface area contributed by atoms with E-state index < -0.39 is 0 Å². The lowest BCUT2D eigenvalue weighted by Crippen LogP contribution is -2.49. The second-order valence-electron chi connectivity index (χ2n) is 9.12. The Morgan fingerprint density at radius 1 is 0.800 bits per heavy atom. The van der Waals surface area contributed by atoms with E-state index in [9.17, 15) is 4.79 Å². The van der Waals surface area contributed by atoms with E-state index in [-0.39, 0.29) is 5.91 Å². The molecule has 0 aromatic carbocycles. The Morgan fingerprint density at radius 3 is 2.04 bits per heavy atom. The van der Waals surface area contributed by atoms with Crippen molar-refractivity contribution in [2.75, 3.05) is 6.61 Å². The van der Waals surface area contributed by atoms with Crippen LogP contribution in [0.5, 0.6) is 0 Å². The van der Waals surface area contributed by atoms with Gasteiger partial charge in [0.1, 0.15) is 6.61 Å². The Morgan fingerprint density at radius 2 is 1.40 bits per heavy atom. The number of amides is 1. The van der Waals surface area contributed by atoms with Gasteiger partial charge in [-0.05, 0) is 77.0 Å². The molecule has 1 saturated heterocycles. The number of nitrogens with zero attached hydrogens (tertiary/aromatic N) is 1. The van der Waals surface area contributed by atoms with Gasteiger partial charge in [-0.25, -0.2) is 0 Å². The summed E-state index contributed by atoms with van der Waals surface area (Å²) in [5.41, 5.74) is 0. The maximum Gasteiger partial charge on any atom is 0.249 e. The summed E-state index contributed by atoms with van der Waals surface area (Å²) < 4.78 is 6.04. The second kappa shape index (κ2) is 9.39. The lowest BCUT2D eigenvalue weighted by atomic mass is 9.77. The highest BCUT2D eigenvalue weighted by Crippen LogP contribution is 2.36. The Hall–Kier alpha value is -0.570. The van der Waals surface area contributed by atoms with Gasteiger partial charge < -0.3 is 9.64 Å². The number of likely N-dealkylation sites (tertiary alicyclic amines) is 1. The van der Waals surface area contributed by atoms with E-state index in [4.69, 9.17) is 4.74 Å². The molecular weight excluding hydrogens is 310 g/mol. The minimum atomic E-state index is 0.212. The molecule has 25 heavy (non-hydrogen) atoms. The smallest absolute Gasteiger partial charge is 0.249 e. The second-order valence-corrected chi connectivity index (χ2v) is 9.12. The number of rotatable bonds is 5. The van der Waals surface area contributed by atoms with Crippen molar-refractivity contribution in [3.05, 3.63) is 0 Å². The van der Waals surface area contributed by atoms with Gasteiger partial charge in [0.25, 0.3) is 0 Å². The van der Waals surface area contributed by atoms with Crippen LogP contribution in [0.1, 0.15) is 97.3 Å². The molecule has 3 aliphatic rings. The van der Waals surface area contributed by atoms with Crippen molar-refractivity contribution in [3.8, 4) is 0 Å². The third kappa shape index (κ3) is 5.45. The summed E-state index contributed by atoms with van der Waals surface area (Å²) in [5.74, 6) is 2.13. The quantitative estimate of drug-likeness (QED) is 0.672. The molecule has 3 nitrogen and oxygen atoms in total. The normalized spacial score (nSPS) is 34.9. The molecule has 2 atom stereocenters. The first-order valence-corrected chi connectivity index (χ1v) is 11.1. The third-order valence-corrected chi connectivity index (χ3v) is 7.11. The van der Waals surface area contributed by atoms with Crippen molar-refractivity contribution < 1.29 is 9.53 Å². The fraction of sp³-hybridized carbons (Fsp3) is 0.955. The number of piperidine rings is 1. The summed E-state index contributed by atoms with van der Waals surface area (Å²) in [6, 6.07) is 0.761. The maximum atomic E-state index is 12.6. The first-order chi connectivity index (χ1) is 12.1. The van der Waals surface area contributed by atoms with Crippen molar-refractivity contribution in [3.63, 3.8) is 0 Å². The third-order valence-electron chi connectivity index (χ3n) is 7.11. The van der Waals surface area contributed by atoms with E-state index in [0.717, 1.165) is 37.5 Å². The molecule has 144 valence electrons. The molecule has 3 heteroatoms. The lowest BCUT2D eigenvalue weighted by Gasteiger charge is -2.39. The molecule has 2 saturated carbocycles. The minimum absolute atomic E-state index is 0.212. The van der Waals surface area contributed by atoms with Crippen molar-refractivity contribution in [1.82, 2.24) is 4.90 Å². The fourth-order valence-corrected chi connectivity index (χ4v) is 5.61. The molecule has 0 radical (unpaired) electrons. The Kier molecular flexibility index (Phi) is 7.21. The number of carbonyl (C=O) groups is 1.